The smallest absolute Gasteiger partial charge is 0.310 e. The number of carboxylic acid groups (broad SMARTS) is 1. The lowest BCUT2D eigenvalue weighted by molar-refractivity contribution is -0.157. The number of aliphatic carboxylic acids is 1. The summed E-state index contributed by atoms with van der Waals surface area (Å²) >= 11 is 0. The molecule has 4 aliphatic heterocycles. The van der Waals surface area contributed by atoms with Gasteiger partial charge in [-0.2, -0.15) is 0 Å². The molecule has 4 heterocycles. The van der Waals surface area contributed by atoms with E-state index >= 15 is 0 Å². The van der Waals surface area contributed by atoms with Crippen LogP contribution in [0.15, 0.2) is 12.7 Å². The van der Waals surface area contributed by atoms with Gasteiger partial charge in [-0.3, -0.25) is 19.3 Å². The van der Waals surface area contributed by atoms with Crippen LogP contribution in [0.25, 0.3) is 0 Å². The Labute approximate surface area is 213 Å². The van der Waals surface area contributed by atoms with Crippen molar-refractivity contribution >= 4 is 17.8 Å². The molecule has 4 aliphatic rings. The van der Waals surface area contributed by atoms with Crippen LogP contribution in [0.5, 0.6) is 0 Å². The number of aliphatic hydroxyl groups is 1. The lowest BCUT2D eigenvalue weighted by Gasteiger charge is -2.37. The molecule has 2 amide bonds. The Morgan fingerprint density at radius 3 is 2.58 bits per heavy atom. The Morgan fingerprint density at radius 2 is 1.94 bits per heavy atom. The van der Waals surface area contributed by atoms with Crippen LogP contribution in [0.3, 0.4) is 0 Å². The molecule has 4 rings (SSSR count). The maximum Gasteiger partial charge on any atom is 0.310 e. The number of carbonyl (C=O) groups excluding carboxylic acids is 2. The molecule has 5 atom stereocenters. The van der Waals surface area contributed by atoms with E-state index in [0.29, 0.717) is 77.9 Å². The van der Waals surface area contributed by atoms with Crippen LogP contribution in [-0.2, 0) is 23.9 Å². The van der Waals surface area contributed by atoms with Gasteiger partial charge in [-0.15, -0.1) is 6.58 Å². The number of hydrogen-bond acceptors (Lipinski definition) is 7. The minimum atomic E-state index is -1.12. The van der Waals surface area contributed by atoms with E-state index in [2.05, 4.69) is 11.5 Å². The zero-order valence-corrected chi connectivity index (χ0v) is 21.4. The first-order valence-electron chi connectivity index (χ1n) is 13.4. The van der Waals surface area contributed by atoms with E-state index in [1.165, 1.54) is 0 Å². The topological polar surface area (TPSA) is 120 Å². The van der Waals surface area contributed by atoms with Crippen molar-refractivity contribution in [1.82, 2.24) is 14.7 Å². The lowest BCUT2D eigenvalue weighted by atomic mass is 9.65. The van der Waals surface area contributed by atoms with E-state index < -0.39 is 35.0 Å². The van der Waals surface area contributed by atoms with Crippen LogP contribution in [0.2, 0.25) is 0 Å². The predicted molar refractivity (Wildman–Crippen MR) is 131 cm³/mol. The molecule has 2 bridgehead atoms. The number of hydrogen-bond donors (Lipinski definition) is 2. The van der Waals surface area contributed by atoms with Crippen molar-refractivity contribution in [3.05, 3.63) is 12.7 Å². The zero-order valence-electron chi connectivity index (χ0n) is 21.4. The third-order valence-corrected chi connectivity index (χ3v) is 8.69. The van der Waals surface area contributed by atoms with Crippen LogP contribution < -0.4 is 0 Å². The van der Waals surface area contributed by atoms with Crippen molar-refractivity contribution < 1.29 is 34.1 Å². The van der Waals surface area contributed by atoms with Gasteiger partial charge in [0.2, 0.25) is 11.8 Å². The van der Waals surface area contributed by atoms with Gasteiger partial charge in [0.15, 0.2) is 0 Å². The van der Waals surface area contributed by atoms with Gasteiger partial charge in [-0.1, -0.05) is 13.0 Å². The Kier molecular flexibility index (Phi) is 8.38. The highest BCUT2D eigenvalue weighted by atomic mass is 16.5. The Balaban J connectivity index is 1.63. The van der Waals surface area contributed by atoms with Crippen molar-refractivity contribution in [1.29, 1.82) is 0 Å². The Hall–Kier alpha value is -2.01. The standard InChI is InChI=1S/C26H41N3O7/c1-3-10-28(13-12-27-14-17-35-18-15-27)23(32)21-26-9-8-25(4-2,36-26)20(24(33)34)19(26)22(31)29(21)11-6-5-7-16-30/h3,19-21,30H,1,4-18H2,2H3,(H,33,34)/t19-,20-,21?,25+,26?/m0/s1. The number of likely N-dealkylation sites (tertiary alicyclic amines) is 1. The number of fused-ring (bicyclic) bond motifs is 1. The summed E-state index contributed by atoms with van der Waals surface area (Å²) in [5.41, 5.74) is -2.03. The molecule has 0 radical (unpaired) electrons. The average Bonchev–Trinajstić information content (AvgIpc) is 3.48. The van der Waals surface area contributed by atoms with Gasteiger partial charge in [0.1, 0.15) is 17.6 Å². The molecule has 36 heavy (non-hydrogen) atoms. The van der Waals surface area contributed by atoms with Crippen LogP contribution in [0, 0.1) is 11.8 Å². The van der Waals surface area contributed by atoms with E-state index in [4.69, 9.17) is 14.6 Å². The second-order valence-corrected chi connectivity index (χ2v) is 10.5. The molecule has 1 spiro atoms. The minimum absolute atomic E-state index is 0.0702. The largest absolute Gasteiger partial charge is 0.481 e. The predicted octanol–water partition coefficient (Wildman–Crippen LogP) is 0.735. The molecule has 0 aromatic rings. The quantitative estimate of drug-likeness (QED) is 0.277. The van der Waals surface area contributed by atoms with E-state index in [0.717, 1.165) is 13.1 Å². The summed E-state index contributed by atoms with van der Waals surface area (Å²) in [6.45, 7) is 10.6. The number of nitrogens with zero attached hydrogens (tertiary/aromatic N) is 3. The van der Waals surface area contributed by atoms with Crippen molar-refractivity contribution in [2.24, 2.45) is 11.8 Å². The van der Waals surface area contributed by atoms with Crippen LogP contribution in [0.4, 0.5) is 0 Å². The molecule has 2 N–H and O–H groups in total. The summed E-state index contributed by atoms with van der Waals surface area (Å²) in [6.07, 6.45) is 5.16. The highest BCUT2D eigenvalue weighted by molar-refractivity contribution is 5.98. The van der Waals surface area contributed by atoms with Gasteiger partial charge in [-0.05, 0) is 38.5 Å². The van der Waals surface area contributed by atoms with Gasteiger partial charge < -0.3 is 29.5 Å². The van der Waals surface area contributed by atoms with Gasteiger partial charge in [0.05, 0.1) is 24.7 Å². The number of ether oxygens (including phenoxy) is 2. The molecule has 202 valence electrons. The van der Waals surface area contributed by atoms with Gasteiger partial charge in [0.25, 0.3) is 0 Å². The first kappa shape index (κ1) is 27.0. The van der Waals surface area contributed by atoms with E-state index in [-0.39, 0.29) is 18.4 Å². The Bertz CT molecular complexity index is 847. The second-order valence-electron chi connectivity index (χ2n) is 10.5. The molecule has 0 aromatic heterocycles. The molecule has 4 saturated heterocycles. The minimum Gasteiger partial charge on any atom is -0.481 e. The Morgan fingerprint density at radius 1 is 1.19 bits per heavy atom. The maximum absolute atomic E-state index is 14.2. The summed E-state index contributed by atoms with van der Waals surface area (Å²) in [4.78, 5) is 46.1. The molecule has 10 nitrogen and oxygen atoms in total. The van der Waals surface area contributed by atoms with Gasteiger partial charge in [-0.25, -0.2) is 0 Å². The summed E-state index contributed by atoms with van der Waals surface area (Å²) in [5, 5.41) is 19.3. The zero-order chi connectivity index (χ0) is 25.9. The molecule has 2 unspecified atom stereocenters. The molecule has 10 heteroatoms. The van der Waals surface area contributed by atoms with E-state index in [9.17, 15) is 19.5 Å². The summed E-state index contributed by atoms with van der Waals surface area (Å²) in [5.74, 6) is -3.33. The van der Waals surface area contributed by atoms with Crippen molar-refractivity contribution in [2.75, 3.05) is 59.1 Å². The number of unbranched alkanes of at least 4 members (excludes halogenated alkanes) is 2. The first-order chi connectivity index (χ1) is 17.3. The number of morpholine rings is 1. The third-order valence-electron chi connectivity index (χ3n) is 8.69. The molecule has 0 aliphatic carbocycles. The molecule has 0 saturated carbocycles. The highest BCUT2D eigenvalue weighted by Gasteiger charge is 2.78. The molecule has 0 aromatic carbocycles. The molecule has 4 fully saturated rings. The SMILES string of the molecule is C=CCN(CCN1CCOCC1)C(=O)C1N(CCCCCO)C(=O)[C@@H]2[C@@H](C(=O)O)[C@@]3(CC)CCC12O3. The van der Waals surface area contributed by atoms with Crippen LogP contribution in [-0.4, -0.2) is 119 Å². The number of carbonyl (C=O) groups is 3. The molecular formula is C26H41N3O7. The van der Waals surface area contributed by atoms with Gasteiger partial charge in [0, 0.05) is 45.9 Å². The summed E-state index contributed by atoms with van der Waals surface area (Å²) in [7, 11) is 0. The van der Waals surface area contributed by atoms with E-state index in [1.807, 2.05) is 6.92 Å². The fourth-order valence-electron chi connectivity index (χ4n) is 6.89. The highest BCUT2D eigenvalue weighted by Crippen LogP contribution is 2.64. The number of amides is 2. The van der Waals surface area contributed by atoms with Crippen molar-refractivity contribution in [2.45, 2.75) is 62.7 Å². The fraction of sp³-hybridized carbons (Fsp3) is 0.808. The van der Waals surface area contributed by atoms with Crippen molar-refractivity contribution in [3.8, 4) is 0 Å². The van der Waals surface area contributed by atoms with Crippen LogP contribution >= 0.6 is 0 Å². The normalized spacial score (nSPS) is 33.7. The van der Waals surface area contributed by atoms with Crippen molar-refractivity contribution in [3.63, 3.8) is 0 Å². The summed E-state index contributed by atoms with van der Waals surface area (Å²) in [6, 6.07) is -0.855. The fourth-order valence-corrected chi connectivity index (χ4v) is 6.89. The van der Waals surface area contributed by atoms with Gasteiger partial charge >= 0.3 is 5.97 Å². The maximum atomic E-state index is 14.2. The number of carboxylic acids is 1. The second kappa shape index (κ2) is 11.2. The number of rotatable bonds is 13. The molecular weight excluding hydrogens is 466 g/mol. The number of aliphatic hydroxyl groups excluding tert-OH is 1. The summed E-state index contributed by atoms with van der Waals surface area (Å²) < 4.78 is 12.0. The third kappa shape index (κ3) is 4.57. The van der Waals surface area contributed by atoms with Crippen LogP contribution in [0.1, 0.15) is 45.4 Å². The lowest BCUT2D eigenvalue weighted by Crippen LogP contribution is -2.57. The average molecular weight is 508 g/mol. The monoisotopic (exact) mass is 507 g/mol. The van der Waals surface area contributed by atoms with E-state index in [1.54, 1.807) is 15.9 Å². The first-order valence-corrected chi connectivity index (χ1v) is 13.4.